The van der Waals surface area contributed by atoms with Crippen molar-refractivity contribution >= 4 is 29.3 Å². The molecule has 4 rings (SSSR count). The lowest BCUT2D eigenvalue weighted by Gasteiger charge is -2.32. The van der Waals surface area contributed by atoms with Crippen LogP contribution >= 0.6 is 12.4 Å². The number of nitrogens with zero attached hydrogens (tertiary/aromatic N) is 2. The van der Waals surface area contributed by atoms with Crippen molar-refractivity contribution in [2.45, 2.75) is 32.7 Å². The molecule has 0 radical (unpaired) electrons. The van der Waals surface area contributed by atoms with Gasteiger partial charge in [0.15, 0.2) is 0 Å². The molecule has 2 saturated heterocycles. The van der Waals surface area contributed by atoms with Crippen molar-refractivity contribution < 1.29 is 9.21 Å². The molecule has 2 fully saturated rings. The third kappa shape index (κ3) is 3.61. The molecule has 26 heavy (non-hydrogen) atoms. The summed E-state index contributed by atoms with van der Waals surface area (Å²) in [5, 5.41) is 4.47. The maximum absolute atomic E-state index is 12.8. The number of hydrogen-bond acceptors (Lipinski definition) is 4. The van der Waals surface area contributed by atoms with Crippen LogP contribution in [0.5, 0.6) is 0 Å². The summed E-state index contributed by atoms with van der Waals surface area (Å²) in [6, 6.07) is 4.71. The molecule has 0 saturated carbocycles. The monoisotopic (exact) mass is 377 g/mol. The number of likely N-dealkylation sites (tertiary alicyclic amines) is 1. The molecule has 1 aromatic heterocycles. The average Bonchev–Trinajstić information content (AvgIpc) is 3.27. The number of halogens is 1. The van der Waals surface area contributed by atoms with E-state index in [0.717, 1.165) is 67.8 Å². The van der Waals surface area contributed by atoms with Crippen LogP contribution in [0.4, 0.5) is 0 Å². The molecule has 5 nitrogen and oxygen atoms in total. The van der Waals surface area contributed by atoms with Gasteiger partial charge in [-0.25, -0.2) is 0 Å². The average molecular weight is 378 g/mol. The first-order valence-electron chi connectivity index (χ1n) is 9.32. The minimum absolute atomic E-state index is 0. The van der Waals surface area contributed by atoms with Crippen LogP contribution in [-0.4, -0.2) is 61.0 Å². The maximum atomic E-state index is 12.8. The fourth-order valence-corrected chi connectivity index (χ4v) is 4.11. The van der Waals surface area contributed by atoms with Crippen molar-refractivity contribution in [2.75, 3.05) is 39.3 Å². The Labute approximate surface area is 161 Å². The summed E-state index contributed by atoms with van der Waals surface area (Å²) >= 11 is 0. The number of benzene rings is 1. The highest BCUT2D eigenvalue weighted by atomic mass is 35.5. The number of hydrogen-bond donors (Lipinski definition) is 1. The molecule has 0 aliphatic carbocycles. The van der Waals surface area contributed by atoms with E-state index in [0.29, 0.717) is 12.5 Å². The van der Waals surface area contributed by atoms with Crippen LogP contribution in [0.15, 0.2) is 22.8 Å². The molecular weight excluding hydrogens is 350 g/mol. The zero-order valence-electron chi connectivity index (χ0n) is 15.6. The van der Waals surface area contributed by atoms with E-state index in [1.165, 1.54) is 5.56 Å². The smallest absolute Gasteiger partial charge is 0.227 e. The first-order chi connectivity index (χ1) is 12.1. The number of piperazine rings is 1. The Balaban J connectivity index is 0.00000196. The predicted molar refractivity (Wildman–Crippen MR) is 106 cm³/mol. The largest absolute Gasteiger partial charge is 0.464 e. The minimum Gasteiger partial charge on any atom is -0.464 e. The molecule has 1 amide bonds. The third-order valence-corrected chi connectivity index (χ3v) is 5.87. The van der Waals surface area contributed by atoms with Crippen LogP contribution < -0.4 is 5.32 Å². The number of carbonyl (C=O) groups excluding carboxylic acids is 1. The fourth-order valence-electron chi connectivity index (χ4n) is 4.11. The molecule has 2 aliphatic heterocycles. The van der Waals surface area contributed by atoms with Crippen LogP contribution in [0.3, 0.4) is 0 Å². The van der Waals surface area contributed by atoms with Gasteiger partial charge in [-0.05, 0) is 31.4 Å². The Kier molecular flexibility index (Phi) is 5.90. The Morgan fingerprint density at radius 1 is 1.23 bits per heavy atom. The lowest BCUT2D eigenvalue weighted by molar-refractivity contribution is -0.129. The van der Waals surface area contributed by atoms with Crippen molar-refractivity contribution in [3.63, 3.8) is 0 Å². The first kappa shape index (κ1) is 19.2. The molecule has 1 atom stereocenters. The van der Waals surface area contributed by atoms with Gasteiger partial charge in [-0.15, -0.1) is 12.4 Å². The Morgan fingerprint density at radius 3 is 2.77 bits per heavy atom. The van der Waals surface area contributed by atoms with Gasteiger partial charge in [-0.3, -0.25) is 9.69 Å². The highest BCUT2D eigenvalue weighted by molar-refractivity contribution is 5.89. The predicted octanol–water partition coefficient (Wildman–Crippen LogP) is 2.52. The molecule has 1 aromatic carbocycles. The second-order valence-corrected chi connectivity index (χ2v) is 7.39. The highest BCUT2D eigenvalue weighted by Gasteiger charge is 2.31. The number of nitrogens with one attached hydrogen (secondary N) is 1. The van der Waals surface area contributed by atoms with E-state index in [9.17, 15) is 4.79 Å². The van der Waals surface area contributed by atoms with Gasteiger partial charge < -0.3 is 14.6 Å². The maximum Gasteiger partial charge on any atom is 0.227 e. The summed E-state index contributed by atoms with van der Waals surface area (Å²) in [5.41, 5.74) is 4.31. The van der Waals surface area contributed by atoms with Gasteiger partial charge in [0.05, 0.1) is 12.7 Å². The normalized spacial score (nSPS) is 21.2. The van der Waals surface area contributed by atoms with Crippen LogP contribution in [-0.2, 0) is 11.2 Å². The number of carbonyl (C=O) groups is 1. The van der Waals surface area contributed by atoms with E-state index >= 15 is 0 Å². The number of fused-ring (bicyclic) bond motifs is 1. The number of furan rings is 1. The summed E-state index contributed by atoms with van der Waals surface area (Å²) in [4.78, 5) is 17.4. The van der Waals surface area contributed by atoms with Crippen molar-refractivity contribution in [1.82, 2.24) is 15.1 Å². The Bertz CT molecular complexity index is 783. The second kappa shape index (κ2) is 7.99. The number of rotatable bonds is 3. The summed E-state index contributed by atoms with van der Waals surface area (Å²) in [6.45, 7) is 10.2. The van der Waals surface area contributed by atoms with Crippen LogP contribution in [0.2, 0.25) is 0 Å². The number of aryl methyl sites for hydroxylation is 2. The van der Waals surface area contributed by atoms with Crippen LogP contribution in [0, 0.1) is 13.8 Å². The molecule has 142 valence electrons. The minimum atomic E-state index is 0. The second-order valence-electron chi connectivity index (χ2n) is 7.39. The van der Waals surface area contributed by atoms with Crippen molar-refractivity contribution in [3.8, 4) is 0 Å². The molecule has 3 heterocycles. The Morgan fingerprint density at radius 2 is 2.00 bits per heavy atom. The lowest BCUT2D eigenvalue weighted by Crippen LogP contribution is -2.49. The first-order valence-corrected chi connectivity index (χ1v) is 9.32. The van der Waals surface area contributed by atoms with E-state index in [1.54, 1.807) is 6.26 Å². The van der Waals surface area contributed by atoms with Gasteiger partial charge in [0.2, 0.25) is 5.91 Å². The van der Waals surface area contributed by atoms with E-state index in [2.05, 4.69) is 36.2 Å². The van der Waals surface area contributed by atoms with Crippen LogP contribution in [0.1, 0.15) is 23.1 Å². The van der Waals surface area contributed by atoms with Crippen LogP contribution in [0.25, 0.3) is 11.0 Å². The quantitative estimate of drug-likeness (QED) is 0.892. The summed E-state index contributed by atoms with van der Waals surface area (Å²) in [5.74, 6) is 0.221. The van der Waals surface area contributed by atoms with Gasteiger partial charge in [0.25, 0.3) is 0 Å². The van der Waals surface area contributed by atoms with E-state index in [1.807, 2.05) is 4.90 Å². The van der Waals surface area contributed by atoms with E-state index in [4.69, 9.17) is 4.42 Å². The van der Waals surface area contributed by atoms with E-state index in [-0.39, 0.29) is 18.3 Å². The fraction of sp³-hybridized carbons (Fsp3) is 0.550. The molecule has 1 N–H and O–H groups in total. The van der Waals surface area contributed by atoms with Crippen molar-refractivity contribution in [3.05, 3.63) is 35.1 Å². The van der Waals surface area contributed by atoms with E-state index < -0.39 is 0 Å². The van der Waals surface area contributed by atoms with Crippen molar-refractivity contribution in [1.29, 1.82) is 0 Å². The molecule has 2 aliphatic rings. The van der Waals surface area contributed by atoms with Gasteiger partial charge in [0.1, 0.15) is 5.58 Å². The topological polar surface area (TPSA) is 48.7 Å². The van der Waals surface area contributed by atoms with Gasteiger partial charge >= 0.3 is 0 Å². The molecule has 0 spiro atoms. The van der Waals surface area contributed by atoms with Gasteiger partial charge in [-0.1, -0.05) is 12.1 Å². The molecule has 6 heteroatoms. The third-order valence-electron chi connectivity index (χ3n) is 5.87. The van der Waals surface area contributed by atoms with Gasteiger partial charge in [-0.2, -0.15) is 0 Å². The van der Waals surface area contributed by atoms with Crippen molar-refractivity contribution in [2.24, 2.45) is 0 Å². The molecular formula is C20H28ClN3O2. The highest BCUT2D eigenvalue weighted by Crippen LogP contribution is 2.27. The SMILES string of the molecule is Cc1ccc2c(CC(=O)N3CCC(N4CCNCC4)C3)coc2c1C.Cl. The zero-order valence-corrected chi connectivity index (χ0v) is 16.4. The molecule has 0 bridgehead atoms. The Hall–Kier alpha value is -1.56. The zero-order chi connectivity index (χ0) is 17.4. The summed E-state index contributed by atoms with van der Waals surface area (Å²) < 4.78 is 5.75. The van der Waals surface area contributed by atoms with Gasteiger partial charge in [0, 0.05) is 56.3 Å². The molecule has 2 aromatic rings. The summed E-state index contributed by atoms with van der Waals surface area (Å²) in [7, 11) is 0. The number of amides is 1. The standard InChI is InChI=1S/C20H27N3O2.ClH/c1-14-3-4-18-16(13-25-20(18)15(14)2)11-19(24)23-8-5-17(12-23)22-9-6-21-7-10-22;/h3-4,13,17,21H,5-12H2,1-2H3;1H. The summed E-state index contributed by atoms with van der Waals surface area (Å²) in [6.07, 6.45) is 3.29. The molecule has 1 unspecified atom stereocenters. The lowest BCUT2D eigenvalue weighted by atomic mass is 10.0.